The van der Waals surface area contributed by atoms with Gasteiger partial charge in [0.2, 0.25) is 0 Å². The summed E-state index contributed by atoms with van der Waals surface area (Å²) in [6, 6.07) is 13.1. The average molecular weight is 303 g/mol. The molecular formula is C17H21NO4. The van der Waals surface area contributed by atoms with E-state index in [0.717, 1.165) is 5.56 Å². The summed E-state index contributed by atoms with van der Waals surface area (Å²) in [5, 5.41) is 0. The number of rotatable bonds is 8. The third-order valence-electron chi connectivity index (χ3n) is 3.16. The summed E-state index contributed by atoms with van der Waals surface area (Å²) in [7, 11) is 3.22. The van der Waals surface area contributed by atoms with Crippen molar-refractivity contribution in [1.82, 2.24) is 0 Å². The Labute approximate surface area is 130 Å². The molecule has 0 unspecified atom stereocenters. The Kier molecular flexibility index (Phi) is 5.91. The maximum absolute atomic E-state index is 5.77. The molecule has 0 amide bonds. The Hall–Kier alpha value is -2.40. The Balaban J connectivity index is 1.94. The smallest absolute Gasteiger partial charge is 0.165 e. The number of para-hydroxylation sites is 3. The first-order valence-electron chi connectivity index (χ1n) is 7.04. The number of benzene rings is 2. The third-order valence-corrected chi connectivity index (χ3v) is 3.16. The van der Waals surface area contributed by atoms with E-state index in [2.05, 4.69) is 0 Å². The van der Waals surface area contributed by atoms with Crippen LogP contribution in [-0.4, -0.2) is 27.4 Å². The van der Waals surface area contributed by atoms with Gasteiger partial charge >= 0.3 is 0 Å². The molecule has 2 aromatic rings. The van der Waals surface area contributed by atoms with Crippen LogP contribution in [0.5, 0.6) is 23.0 Å². The highest BCUT2D eigenvalue weighted by molar-refractivity contribution is 5.46. The monoisotopic (exact) mass is 303 g/mol. The van der Waals surface area contributed by atoms with E-state index in [-0.39, 0.29) is 0 Å². The highest BCUT2D eigenvalue weighted by atomic mass is 16.5. The molecule has 0 atom stereocenters. The minimum Gasteiger partial charge on any atom is -0.493 e. The molecule has 2 rings (SSSR count). The van der Waals surface area contributed by atoms with Crippen molar-refractivity contribution in [2.45, 2.75) is 6.54 Å². The minimum absolute atomic E-state index is 0.380. The van der Waals surface area contributed by atoms with Gasteiger partial charge in [-0.1, -0.05) is 24.3 Å². The number of hydrogen-bond donors (Lipinski definition) is 1. The molecular weight excluding hydrogens is 282 g/mol. The van der Waals surface area contributed by atoms with Gasteiger partial charge in [0.15, 0.2) is 23.0 Å². The molecule has 22 heavy (non-hydrogen) atoms. The fourth-order valence-corrected chi connectivity index (χ4v) is 2.08. The zero-order valence-corrected chi connectivity index (χ0v) is 12.9. The summed E-state index contributed by atoms with van der Waals surface area (Å²) in [6.07, 6.45) is 0. The fraction of sp³-hybridized carbons (Fsp3) is 0.294. The molecule has 0 aromatic heterocycles. The second-order valence-corrected chi connectivity index (χ2v) is 4.50. The van der Waals surface area contributed by atoms with Gasteiger partial charge in [-0.05, 0) is 18.2 Å². The summed E-state index contributed by atoms with van der Waals surface area (Å²) < 4.78 is 22.0. The molecule has 0 spiro atoms. The van der Waals surface area contributed by atoms with Gasteiger partial charge in [-0.15, -0.1) is 0 Å². The molecule has 0 fully saturated rings. The molecule has 0 aliphatic carbocycles. The van der Waals surface area contributed by atoms with Crippen LogP contribution in [0.15, 0.2) is 42.5 Å². The molecule has 118 valence electrons. The Morgan fingerprint density at radius 1 is 0.773 bits per heavy atom. The van der Waals surface area contributed by atoms with Crippen LogP contribution in [0.2, 0.25) is 0 Å². The zero-order chi connectivity index (χ0) is 15.8. The molecule has 0 bridgehead atoms. The first-order valence-corrected chi connectivity index (χ1v) is 7.04. The van der Waals surface area contributed by atoms with E-state index in [1.54, 1.807) is 14.2 Å². The van der Waals surface area contributed by atoms with Crippen molar-refractivity contribution in [2.24, 2.45) is 5.73 Å². The molecule has 2 aromatic carbocycles. The van der Waals surface area contributed by atoms with Crippen LogP contribution in [-0.2, 0) is 6.54 Å². The lowest BCUT2D eigenvalue weighted by Crippen LogP contribution is -2.12. The van der Waals surface area contributed by atoms with E-state index >= 15 is 0 Å². The van der Waals surface area contributed by atoms with Crippen molar-refractivity contribution in [3.05, 3.63) is 48.0 Å². The Bertz CT molecular complexity index is 579. The second-order valence-electron chi connectivity index (χ2n) is 4.50. The van der Waals surface area contributed by atoms with Crippen LogP contribution in [0.3, 0.4) is 0 Å². The maximum Gasteiger partial charge on any atom is 0.165 e. The molecule has 2 N–H and O–H groups in total. The normalized spacial score (nSPS) is 10.1. The molecule has 0 heterocycles. The predicted octanol–water partition coefficient (Wildman–Crippen LogP) is 2.62. The van der Waals surface area contributed by atoms with Crippen molar-refractivity contribution in [1.29, 1.82) is 0 Å². The first-order chi connectivity index (χ1) is 10.8. The van der Waals surface area contributed by atoms with Crippen LogP contribution >= 0.6 is 0 Å². The molecule has 0 radical (unpaired) electrons. The van der Waals surface area contributed by atoms with Crippen LogP contribution < -0.4 is 24.7 Å². The second kappa shape index (κ2) is 8.14. The molecule has 0 saturated heterocycles. The van der Waals surface area contributed by atoms with Gasteiger partial charge < -0.3 is 24.7 Å². The molecule has 5 heteroatoms. The van der Waals surface area contributed by atoms with E-state index in [1.165, 1.54) is 0 Å². The number of ether oxygens (including phenoxy) is 4. The molecule has 0 saturated carbocycles. The van der Waals surface area contributed by atoms with Gasteiger partial charge in [-0.3, -0.25) is 0 Å². The highest BCUT2D eigenvalue weighted by Crippen LogP contribution is 2.31. The molecule has 0 aliphatic rings. The van der Waals surface area contributed by atoms with Crippen molar-refractivity contribution in [2.75, 3.05) is 27.4 Å². The highest BCUT2D eigenvalue weighted by Gasteiger charge is 2.09. The van der Waals surface area contributed by atoms with Crippen molar-refractivity contribution < 1.29 is 18.9 Å². The number of hydrogen-bond acceptors (Lipinski definition) is 5. The summed E-state index contributed by atoms with van der Waals surface area (Å²) in [4.78, 5) is 0. The van der Waals surface area contributed by atoms with E-state index in [4.69, 9.17) is 24.7 Å². The van der Waals surface area contributed by atoms with E-state index in [1.807, 2.05) is 42.5 Å². The van der Waals surface area contributed by atoms with Crippen LogP contribution in [0.4, 0.5) is 0 Å². The fourth-order valence-electron chi connectivity index (χ4n) is 2.08. The van der Waals surface area contributed by atoms with Crippen LogP contribution in [0.25, 0.3) is 0 Å². The van der Waals surface area contributed by atoms with Gasteiger partial charge in [-0.2, -0.15) is 0 Å². The van der Waals surface area contributed by atoms with Gasteiger partial charge in [0.25, 0.3) is 0 Å². The van der Waals surface area contributed by atoms with E-state index in [9.17, 15) is 0 Å². The lowest BCUT2D eigenvalue weighted by molar-refractivity contribution is 0.205. The van der Waals surface area contributed by atoms with E-state index in [0.29, 0.717) is 42.8 Å². The lowest BCUT2D eigenvalue weighted by atomic mass is 10.2. The standard InChI is InChI=1S/C17H21NO4/c1-19-14-7-3-4-8-15(14)21-10-11-22-17-13(12-18)6-5-9-16(17)20-2/h3-9H,10-12,18H2,1-2H3. The van der Waals surface area contributed by atoms with E-state index < -0.39 is 0 Å². The summed E-state index contributed by atoms with van der Waals surface area (Å²) >= 11 is 0. The SMILES string of the molecule is COc1ccccc1OCCOc1c(CN)cccc1OC. The van der Waals surface area contributed by atoms with Gasteiger partial charge in [0, 0.05) is 12.1 Å². The van der Waals surface area contributed by atoms with Gasteiger partial charge in [-0.25, -0.2) is 0 Å². The van der Waals surface area contributed by atoms with Crippen molar-refractivity contribution in [3.63, 3.8) is 0 Å². The summed E-state index contributed by atoms with van der Waals surface area (Å²) in [5.41, 5.74) is 6.62. The van der Waals surface area contributed by atoms with Gasteiger partial charge in [0.1, 0.15) is 13.2 Å². The van der Waals surface area contributed by atoms with Crippen molar-refractivity contribution in [3.8, 4) is 23.0 Å². The Morgan fingerprint density at radius 2 is 1.41 bits per heavy atom. The molecule has 5 nitrogen and oxygen atoms in total. The number of methoxy groups -OCH3 is 2. The largest absolute Gasteiger partial charge is 0.493 e. The van der Waals surface area contributed by atoms with Crippen molar-refractivity contribution >= 4 is 0 Å². The Morgan fingerprint density at radius 3 is 2.09 bits per heavy atom. The predicted molar refractivity (Wildman–Crippen MR) is 84.9 cm³/mol. The zero-order valence-electron chi connectivity index (χ0n) is 12.9. The third kappa shape index (κ3) is 3.83. The average Bonchev–Trinajstić information content (AvgIpc) is 2.58. The first kappa shape index (κ1) is 16.0. The summed E-state index contributed by atoms with van der Waals surface area (Å²) in [5.74, 6) is 2.71. The van der Waals surface area contributed by atoms with Crippen LogP contribution in [0, 0.1) is 0 Å². The minimum atomic E-state index is 0.380. The maximum atomic E-state index is 5.77. The topological polar surface area (TPSA) is 62.9 Å². The molecule has 0 aliphatic heterocycles. The number of nitrogens with two attached hydrogens (primary N) is 1. The lowest BCUT2D eigenvalue weighted by Gasteiger charge is -2.15. The quantitative estimate of drug-likeness (QED) is 0.760. The van der Waals surface area contributed by atoms with Gasteiger partial charge in [0.05, 0.1) is 14.2 Å². The van der Waals surface area contributed by atoms with Crippen LogP contribution in [0.1, 0.15) is 5.56 Å². The summed E-state index contributed by atoms with van der Waals surface area (Å²) in [6.45, 7) is 1.16.